The molecule has 0 aromatic heterocycles. The van der Waals surface area contributed by atoms with Crippen LogP contribution in [0.5, 0.6) is 0 Å². The van der Waals surface area contributed by atoms with Crippen molar-refractivity contribution in [1.29, 1.82) is 0 Å². The third kappa shape index (κ3) is 3.45. The molecular weight excluding hydrogens is 448 g/mol. The fourth-order valence-electron chi connectivity index (χ4n) is 6.00. The van der Waals surface area contributed by atoms with E-state index in [1.807, 2.05) is 0 Å². The van der Waals surface area contributed by atoms with Crippen molar-refractivity contribution in [2.24, 2.45) is 0 Å². The van der Waals surface area contributed by atoms with Gasteiger partial charge >= 0.3 is 0 Å². The summed E-state index contributed by atoms with van der Waals surface area (Å²) in [5.41, 5.74) is 11.0. The maximum Gasteiger partial charge on any atom is 0.0551 e. The molecule has 3 aliphatic rings. The first-order valence-electron chi connectivity index (χ1n) is 11.6. The molecule has 0 amide bonds. The molecule has 1 aromatic rings. The highest BCUT2D eigenvalue weighted by Crippen LogP contribution is 2.52. The van der Waals surface area contributed by atoms with E-state index in [9.17, 15) is 0 Å². The van der Waals surface area contributed by atoms with E-state index in [-0.39, 0.29) is 0 Å². The predicted molar refractivity (Wildman–Crippen MR) is 138 cm³/mol. The molecule has 4 rings (SSSR count). The number of benzene rings is 1. The number of unbranched alkanes of at least 4 members (excludes halogenated alkanes) is 1. The average Bonchev–Trinajstić information content (AvgIpc) is 3.38. The first kappa shape index (κ1) is 21.6. The quantitative estimate of drug-likeness (QED) is 0.354. The number of hydrogen-bond acceptors (Lipinski definition) is 0. The molecule has 156 valence electrons. The predicted octanol–water partition coefficient (Wildman–Crippen LogP) is 8.53. The van der Waals surface area contributed by atoms with Crippen LogP contribution in [0.2, 0.25) is 31.7 Å². The van der Waals surface area contributed by atoms with E-state index < -0.39 is 15.2 Å². The summed E-state index contributed by atoms with van der Waals surface area (Å²) >= 11 is 4.02. The molecule has 0 bridgehead atoms. The highest BCUT2D eigenvalue weighted by Gasteiger charge is 2.52. The monoisotopic (exact) mass is 484 g/mol. The lowest BCUT2D eigenvalue weighted by atomic mass is 10.0. The number of aryl methyl sites for hydroxylation is 1. The van der Waals surface area contributed by atoms with Gasteiger partial charge in [-0.2, -0.15) is 0 Å². The molecule has 0 radical (unpaired) electrons. The molecule has 2 atom stereocenters. The molecule has 0 saturated heterocycles. The van der Waals surface area contributed by atoms with Crippen LogP contribution >= 0.6 is 15.9 Å². The molecule has 0 heterocycles. The van der Waals surface area contributed by atoms with Crippen molar-refractivity contribution >= 4 is 37.2 Å². The Morgan fingerprint density at radius 3 is 2.59 bits per heavy atom. The summed E-state index contributed by atoms with van der Waals surface area (Å²) in [5, 5.41) is 0. The molecule has 29 heavy (non-hydrogen) atoms. The second-order valence-electron chi connectivity index (χ2n) is 10.7. The molecule has 0 N–H and O–H groups in total. The standard InChI is InChI=1S/C26H37BrSi2/c1-7-8-10-19-13-14-21(16-19)28(3,4)29(5,6)26-18(2)15-23-24(26)17-20-11-9-12-22(20)25(23)27/h13-17,21,26H,7-12H2,1-6H3. The van der Waals surface area contributed by atoms with E-state index in [0.717, 1.165) is 0 Å². The van der Waals surface area contributed by atoms with Gasteiger partial charge in [0.1, 0.15) is 0 Å². The van der Waals surface area contributed by atoms with Crippen LogP contribution in [0.4, 0.5) is 0 Å². The van der Waals surface area contributed by atoms with Crippen molar-refractivity contribution in [1.82, 2.24) is 0 Å². The van der Waals surface area contributed by atoms with Crippen LogP contribution in [0.3, 0.4) is 0 Å². The smallest absolute Gasteiger partial charge is 0.0551 e. The molecule has 0 fully saturated rings. The van der Waals surface area contributed by atoms with Gasteiger partial charge in [-0.05, 0) is 88.3 Å². The van der Waals surface area contributed by atoms with Gasteiger partial charge in [0.15, 0.2) is 0 Å². The van der Waals surface area contributed by atoms with E-state index in [1.165, 1.54) is 48.6 Å². The normalized spacial score (nSPS) is 23.3. The zero-order valence-electron chi connectivity index (χ0n) is 19.2. The molecule has 0 nitrogen and oxygen atoms in total. The summed E-state index contributed by atoms with van der Waals surface area (Å²) in [7, 11) is -3.02. The molecular formula is C26H37BrSi2. The lowest BCUT2D eigenvalue weighted by Crippen LogP contribution is -2.60. The van der Waals surface area contributed by atoms with Crippen molar-refractivity contribution in [3.05, 3.63) is 62.2 Å². The van der Waals surface area contributed by atoms with Gasteiger partial charge in [-0.1, -0.05) is 81.0 Å². The van der Waals surface area contributed by atoms with Gasteiger partial charge in [-0.3, -0.25) is 0 Å². The Morgan fingerprint density at radius 2 is 1.86 bits per heavy atom. The minimum absolute atomic E-state index is 0.683. The number of allylic oxidation sites excluding steroid dienone is 5. The van der Waals surface area contributed by atoms with Crippen LogP contribution in [-0.2, 0) is 12.8 Å². The van der Waals surface area contributed by atoms with Crippen LogP contribution in [-0.4, -0.2) is 15.2 Å². The summed E-state index contributed by atoms with van der Waals surface area (Å²) in [6.07, 6.45) is 17.9. The lowest BCUT2D eigenvalue weighted by Gasteiger charge is -2.46. The molecule has 3 heteroatoms. The van der Waals surface area contributed by atoms with Gasteiger partial charge in [0, 0.05) is 4.47 Å². The Balaban J connectivity index is 1.70. The molecule has 1 aromatic carbocycles. The minimum Gasteiger partial charge on any atom is -0.0803 e. The Kier molecular flexibility index (Phi) is 5.80. The van der Waals surface area contributed by atoms with Crippen LogP contribution in [0.1, 0.15) is 67.3 Å². The minimum atomic E-state index is -1.54. The van der Waals surface area contributed by atoms with Gasteiger partial charge < -0.3 is 0 Å². The Bertz CT molecular complexity index is 917. The van der Waals surface area contributed by atoms with Gasteiger partial charge in [-0.25, -0.2) is 0 Å². The van der Waals surface area contributed by atoms with Gasteiger partial charge in [-0.15, -0.1) is 0 Å². The number of hydrogen-bond donors (Lipinski definition) is 0. The number of halogens is 1. The van der Waals surface area contributed by atoms with Crippen molar-refractivity contribution in [2.75, 3.05) is 0 Å². The van der Waals surface area contributed by atoms with Crippen LogP contribution in [0, 0.1) is 0 Å². The molecule has 0 aliphatic heterocycles. The maximum absolute atomic E-state index is 4.02. The van der Waals surface area contributed by atoms with E-state index in [1.54, 1.807) is 27.8 Å². The van der Waals surface area contributed by atoms with Crippen LogP contribution in [0.25, 0.3) is 6.08 Å². The van der Waals surface area contributed by atoms with Crippen LogP contribution < -0.4 is 0 Å². The topological polar surface area (TPSA) is 0 Å². The first-order chi connectivity index (χ1) is 13.7. The number of fused-ring (bicyclic) bond motifs is 2. The highest BCUT2D eigenvalue weighted by molar-refractivity contribution is 9.10. The lowest BCUT2D eigenvalue weighted by molar-refractivity contribution is 0.798. The summed E-state index contributed by atoms with van der Waals surface area (Å²) < 4.78 is 1.41. The van der Waals surface area contributed by atoms with E-state index in [2.05, 4.69) is 86.3 Å². The first-order valence-corrected chi connectivity index (χ1v) is 19.5. The fraction of sp³-hybridized carbons (Fsp3) is 0.538. The summed E-state index contributed by atoms with van der Waals surface area (Å²) in [4.78, 5) is 0. The van der Waals surface area contributed by atoms with Crippen molar-refractivity contribution in [2.45, 2.75) is 89.6 Å². The highest BCUT2D eigenvalue weighted by atomic mass is 79.9. The maximum atomic E-state index is 4.02. The largest absolute Gasteiger partial charge is 0.0803 e. The second kappa shape index (κ2) is 7.80. The third-order valence-corrected chi connectivity index (χ3v) is 28.8. The van der Waals surface area contributed by atoms with E-state index >= 15 is 0 Å². The zero-order valence-corrected chi connectivity index (χ0v) is 22.7. The van der Waals surface area contributed by atoms with E-state index in [0.29, 0.717) is 11.1 Å². The number of rotatable bonds is 6. The summed E-state index contributed by atoms with van der Waals surface area (Å²) in [6, 6.07) is 2.62. The third-order valence-electron chi connectivity index (χ3n) is 8.49. The fourth-order valence-corrected chi connectivity index (χ4v) is 18.3. The van der Waals surface area contributed by atoms with Gasteiger partial charge in [0.05, 0.1) is 15.2 Å². The Morgan fingerprint density at radius 1 is 1.10 bits per heavy atom. The Hall–Kier alpha value is -0.646. The summed E-state index contributed by atoms with van der Waals surface area (Å²) in [5.74, 6) is 0. The van der Waals surface area contributed by atoms with Crippen LogP contribution in [0.15, 0.2) is 39.9 Å². The van der Waals surface area contributed by atoms with Crippen molar-refractivity contribution in [3.63, 3.8) is 0 Å². The van der Waals surface area contributed by atoms with Gasteiger partial charge in [0.2, 0.25) is 0 Å². The van der Waals surface area contributed by atoms with Crippen molar-refractivity contribution < 1.29 is 0 Å². The van der Waals surface area contributed by atoms with E-state index in [4.69, 9.17) is 0 Å². The molecule has 3 aliphatic carbocycles. The SMILES string of the molecule is CCCCC1=CC([Si](C)(C)[Si](C)(C)C2C(C)=Cc3c2cc2c(c3Br)CCC2)C=C1. The molecule has 2 unspecified atom stereocenters. The summed E-state index contributed by atoms with van der Waals surface area (Å²) in [6.45, 7) is 15.5. The molecule has 0 spiro atoms. The Labute approximate surface area is 188 Å². The second-order valence-corrected chi connectivity index (χ2v) is 27.3. The zero-order chi connectivity index (χ0) is 21.0. The van der Waals surface area contributed by atoms with Crippen molar-refractivity contribution in [3.8, 4) is 0 Å². The average molecular weight is 486 g/mol. The molecule has 0 saturated carbocycles. The van der Waals surface area contributed by atoms with Gasteiger partial charge in [0.25, 0.3) is 0 Å².